The molecule has 8 nitrogen and oxygen atoms in total. The van der Waals surface area contributed by atoms with Crippen LogP contribution in [-0.4, -0.2) is 34.3 Å². The fourth-order valence-electron chi connectivity index (χ4n) is 3.17. The van der Waals surface area contributed by atoms with Crippen molar-refractivity contribution in [2.24, 2.45) is 17.3 Å². The summed E-state index contributed by atoms with van der Waals surface area (Å²) in [6.07, 6.45) is 0. The Morgan fingerprint density at radius 3 is 2.52 bits per heavy atom. The zero-order valence-electron chi connectivity index (χ0n) is 14.4. The molecule has 3 rings (SSSR count). The lowest BCUT2D eigenvalue weighted by molar-refractivity contribution is -0.140. The summed E-state index contributed by atoms with van der Waals surface area (Å²) in [6.45, 7) is 5.23. The van der Waals surface area contributed by atoms with Gasteiger partial charge < -0.3 is 19.6 Å². The average Bonchev–Trinajstić information content (AvgIpc) is 2.89. The molecule has 0 saturated heterocycles. The summed E-state index contributed by atoms with van der Waals surface area (Å²) >= 11 is 0. The molecule has 1 aromatic carbocycles. The number of amides is 1. The van der Waals surface area contributed by atoms with Gasteiger partial charge in [-0.25, -0.2) is 0 Å². The summed E-state index contributed by atoms with van der Waals surface area (Å²) in [4.78, 5) is 23.7. The number of aromatic nitrogens is 2. The van der Waals surface area contributed by atoms with E-state index in [-0.39, 0.29) is 11.8 Å². The number of benzene rings is 1. The van der Waals surface area contributed by atoms with Crippen molar-refractivity contribution in [2.45, 2.75) is 20.8 Å². The maximum atomic E-state index is 12.5. The number of methoxy groups -OCH3 is 1. The van der Waals surface area contributed by atoms with Crippen LogP contribution in [0.2, 0.25) is 0 Å². The third kappa shape index (κ3) is 2.95. The molecule has 1 aromatic heterocycles. The minimum Gasteiger partial charge on any atom is -0.496 e. The van der Waals surface area contributed by atoms with Crippen molar-refractivity contribution in [3.63, 3.8) is 0 Å². The van der Waals surface area contributed by atoms with Crippen LogP contribution in [-0.2, 0) is 9.59 Å². The fraction of sp³-hybridized carbons (Fsp3) is 0.412. The van der Waals surface area contributed by atoms with Crippen LogP contribution in [0.25, 0.3) is 11.5 Å². The molecule has 0 bridgehead atoms. The van der Waals surface area contributed by atoms with Crippen LogP contribution in [0.3, 0.4) is 0 Å². The van der Waals surface area contributed by atoms with Crippen LogP contribution in [0.4, 0.5) is 5.69 Å². The van der Waals surface area contributed by atoms with Gasteiger partial charge in [0.1, 0.15) is 5.75 Å². The van der Waals surface area contributed by atoms with E-state index in [1.165, 1.54) is 7.11 Å². The molecule has 25 heavy (non-hydrogen) atoms. The molecule has 2 atom stereocenters. The summed E-state index contributed by atoms with van der Waals surface area (Å²) in [5.74, 6) is -1.31. The average molecular weight is 345 g/mol. The van der Waals surface area contributed by atoms with E-state index < -0.39 is 23.2 Å². The third-order valence-corrected chi connectivity index (χ3v) is 4.60. The predicted octanol–water partition coefficient (Wildman–Crippen LogP) is 2.35. The molecule has 2 N–H and O–H groups in total. The zero-order valence-corrected chi connectivity index (χ0v) is 14.4. The van der Waals surface area contributed by atoms with Gasteiger partial charge in [-0.15, -0.1) is 10.2 Å². The molecular formula is C17H19N3O5. The van der Waals surface area contributed by atoms with E-state index in [4.69, 9.17) is 9.15 Å². The number of carbonyl (C=O) groups excluding carboxylic acids is 1. The van der Waals surface area contributed by atoms with Crippen molar-refractivity contribution >= 4 is 17.6 Å². The van der Waals surface area contributed by atoms with Crippen LogP contribution >= 0.6 is 0 Å². The maximum absolute atomic E-state index is 12.5. The van der Waals surface area contributed by atoms with Crippen molar-refractivity contribution in [1.29, 1.82) is 0 Å². The van der Waals surface area contributed by atoms with Crippen molar-refractivity contribution in [1.82, 2.24) is 10.2 Å². The Morgan fingerprint density at radius 2 is 2.00 bits per heavy atom. The molecule has 0 radical (unpaired) electrons. The number of rotatable bonds is 5. The highest BCUT2D eigenvalue weighted by atomic mass is 16.5. The Morgan fingerprint density at radius 1 is 1.28 bits per heavy atom. The van der Waals surface area contributed by atoms with E-state index in [9.17, 15) is 14.7 Å². The van der Waals surface area contributed by atoms with Gasteiger partial charge in [-0.1, -0.05) is 13.8 Å². The molecule has 1 heterocycles. The monoisotopic (exact) mass is 345 g/mol. The minimum absolute atomic E-state index is 0.278. The van der Waals surface area contributed by atoms with E-state index >= 15 is 0 Å². The number of carboxylic acids is 1. The summed E-state index contributed by atoms with van der Waals surface area (Å²) in [7, 11) is 1.52. The molecule has 1 aliphatic rings. The highest BCUT2D eigenvalue weighted by molar-refractivity contribution is 6.00. The molecule has 8 heteroatoms. The first-order chi connectivity index (χ1) is 11.8. The van der Waals surface area contributed by atoms with Gasteiger partial charge in [0.05, 0.1) is 24.5 Å². The number of nitrogens with one attached hydrogen (secondary N) is 1. The lowest BCUT2D eigenvalue weighted by Gasteiger charge is -2.10. The molecular weight excluding hydrogens is 326 g/mol. The predicted molar refractivity (Wildman–Crippen MR) is 88.0 cm³/mol. The van der Waals surface area contributed by atoms with Crippen molar-refractivity contribution in [3.05, 3.63) is 24.1 Å². The first kappa shape index (κ1) is 16.9. The highest BCUT2D eigenvalue weighted by Crippen LogP contribution is 2.58. The normalized spacial score (nSPS) is 20.8. The van der Waals surface area contributed by atoms with Crippen molar-refractivity contribution in [2.75, 3.05) is 12.4 Å². The summed E-state index contributed by atoms with van der Waals surface area (Å²) in [5, 5.41) is 19.7. The van der Waals surface area contributed by atoms with Gasteiger partial charge in [-0.3, -0.25) is 9.59 Å². The number of hydrogen-bond donors (Lipinski definition) is 2. The van der Waals surface area contributed by atoms with Gasteiger partial charge in [0.25, 0.3) is 5.89 Å². The third-order valence-electron chi connectivity index (χ3n) is 4.60. The largest absolute Gasteiger partial charge is 0.496 e. The topological polar surface area (TPSA) is 115 Å². The molecule has 1 aliphatic carbocycles. The number of aliphatic carboxylic acids is 1. The maximum Gasteiger partial charge on any atom is 0.307 e. The number of aryl methyl sites for hydroxylation is 1. The van der Waals surface area contributed by atoms with Crippen LogP contribution in [0.1, 0.15) is 19.7 Å². The molecule has 0 aliphatic heterocycles. The van der Waals surface area contributed by atoms with Crippen LogP contribution in [0, 0.1) is 24.2 Å². The number of ether oxygens (including phenoxy) is 1. The van der Waals surface area contributed by atoms with Crippen LogP contribution in [0.15, 0.2) is 22.6 Å². The number of anilines is 1. The van der Waals surface area contributed by atoms with Gasteiger partial charge in [-0.05, 0) is 23.6 Å². The Balaban J connectivity index is 1.84. The van der Waals surface area contributed by atoms with Gasteiger partial charge in [0, 0.05) is 12.6 Å². The molecule has 2 aromatic rings. The SMILES string of the molecule is COc1ccc(NC(=O)[C@H]2[C@H](C(=O)O)C2(C)C)cc1-c1nnc(C)o1. The summed E-state index contributed by atoms with van der Waals surface area (Å²) < 4.78 is 10.7. The lowest BCUT2D eigenvalue weighted by Crippen LogP contribution is -2.17. The van der Waals surface area contributed by atoms with Crippen molar-refractivity contribution < 1.29 is 23.8 Å². The van der Waals surface area contributed by atoms with E-state index in [1.54, 1.807) is 39.0 Å². The standard InChI is InChI=1S/C17H19N3O5/c1-8-19-20-15(25-8)10-7-9(5-6-11(10)24-4)18-14(21)12-13(16(22)23)17(12,2)3/h5-7,12-13H,1-4H3,(H,18,21)(H,22,23)/t12-,13-/m1/s1. The molecule has 1 amide bonds. The van der Waals surface area contributed by atoms with Crippen LogP contribution in [0.5, 0.6) is 5.75 Å². The van der Waals surface area contributed by atoms with E-state index in [1.807, 2.05) is 0 Å². The molecule has 0 unspecified atom stereocenters. The second-order valence-electron chi connectivity index (χ2n) is 6.65. The van der Waals surface area contributed by atoms with Crippen LogP contribution < -0.4 is 10.1 Å². The van der Waals surface area contributed by atoms with E-state index in [0.717, 1.165) is 0 Å². The number of hydrogen-bond acceptors (Lipinski definition) is 6. The van der Waals surface area contributed by atoms with Gasteiger partial charge in [0.2, 0.25) is 11.8 Å². The minimum atomic E-state index is -0.957. The van der Waals surface area contributed by atoms with Gasteiger partial charge >= 0.3 is 5.97 Å². The second-order valence-corrected chi connectivity index (χ2v) is 6.65. The first-order valence-corrected chi connectivity index (χ1v) is 7.78. The van der Waals surface area contributed by atoms with Crippen molar-refractivity contribution in [3.8, 4) is 17.2 Å². The van der Waals surface area contributed by atoms with Gasteiger partial charge in [-0.2, -0.15) is 0 Å². The second kappa shape index (κ2) is 5.87. The Kier molecular flexibility index (Phi) is 3.98. The Bertz CT molecular complexity index is 843. The fourth-order valence-corrected chi connectivity index (χ4v) is 3.17. The number of nitrogens with zero attached hydrogens (tertiary/aromatic N) is 2. The lowest BCUT2D eigenvalue weighted by atomic mass is 10.1. The first-order valence-electron chi connectivity index (χ1n) is 7.78. The molecule has 0 spiro atoms. The molecule has 132 valence electrons. The Labute approximate surface area is 144 Å². The summed E-state index contributed by atoms with van der Waals surface area (Å²) in [5.41, 5.74) is 0.490. The number of carboxylic acid groups (broad SMARTS) is 1. The smallest absolute Gasteiger partial charge is 0.307 e. The summed E-state index contributed by atoms with van der Waals surface area (Å²) in [6, 6.07) is 5.01. The van der Waals surface area contributed by atoms with E-state index in [2.05, 4.69) is 15.5 Å². The quantitative estimate of drug-likeness (QED) is 0.854. The Hall–Kier alpha value is -2.90. The highest BCUT2D eigenvalue weighted by Gasteiger charge is 2.65. The molecule has 1 saturated carbocycles. The zero-order chi connectivity index (χ0) is 18.4. The molecule has 1 fully saturated rings. The van der Waals surface area contributed by atoms with Gasteiger partial charge in [0.15, 0.2) is 0 Å². The van der Waals surface area contributed by atoms with E-state index in [0.29, 0.717) is 22.9 Å². The number of carbonyl (C=O) groups is 2.